The molecule has 0 aliphatic carbocycles. The lowest BCUT2D eigenvalue weighted by Crippen LogP contribution is -2.54. The number of hydrogen-bond acceptors (Lipinski definition) is 2. The summed E-state index contributed by atoms with van der Waals surface area (Å²) in [6.45, 7) is 8.02. The van der Waals surface area contributed by atoms with Gasteiger partial charge in [0.25, 0.3) is 5.91 Å². The Hall–Kier alpha value is -1.01. The van der Waals surface area contributed by atoms with Gasteiger partial charge in [-0.15, -0.1) is 0 Å². The molecule has 3 heteroatoms. The first-order valence-corrected chi connectivity index (χ1v) is 4.41. The minimum Gasteiger partial charge on any atom is -0.339 e. The van der Waals surface area contributed by atoms with E-state index in [2.05, 4.69) is 17.2 Å². The number of nitrogens with two attached hydrogens (primary N) is 1. The lowest BCUT2D eigenvalue weighted by Gasteiger charge is -2.32. The Morgan fingerprint density at radius 3 is 2.46 bits per heavy atom. The topological polar surface area (TPSA) is 55.1 Å². The van der Waals surface area contributed by atoms with Crippen LogP contribution in [0, 0.1) is 17.8 Å². The Bertz CT molecular complexity index is 237. The van der Waals surface area contributed by atoms with Crippen LogP contribution in [0.15, 0.2) is 0 Å². The normalized spacial score (nSPS) is 14.3. The van der Waals surface area contributed by atoms with Gasteiger partial charge in [-0.2, -0.15) is 0 Å². The zero-order valence-electron chi connectivity index (χ0n) is 8.77. The van der Waals surface area contributed by atoms with Gasteiger partial charge >= 0.3 is 0 Å². The second-order valence-corrected chi connectivity index (χ2v) is 3.61. The van der Waals surface area contributed by atoms with Gasteiger partial charge < -0.3 is 11.1 Å². The molecule has 0 bridgehead atoms. The number of rotatable bonds is 3. The molecule has 0 rings (SSSR count). The maximum absolute atomic E-state index is 11.2. The van der Waals surface area contributed by atoms with Gasteiger partial charge in [-0.3, -0.25) is 4.79 Å². The lowest BCUT2D eigenvalue weighted by atomic mass is 9.88. The van der Waals surface area contributed by atoms with Gasteiger partial charge in [0, 0.05) is 6.54 Å². The summed E-state index contributed by atoms with van der Waals surface area (Å²) in [5.41, 5.74) is 5.23. The molecule has 0 aliphatic heterocycles. The Labute approximate surface area is 80.1 Å². The molecule has 0 radical (unpaired) electrons. The zero-order valence-corrected chi connectivity index (χ0v) is 8.77. The largest absolute Gasteiger partial charge is 0.339 e. The number of carbonyl (C=O) groups is 1. The fraction of sp³-hybridized carbons (Fsp3) is 0.700. The van der Waals surface area contributed by atoms with E-state index in [1.165, 1.54) is 0 Å². The molecule has 1 amide bonds. The molecule has 3 N–H and O–H groups in total. The van der Waals surface area contributed by atoms with E-state index in [0.717, 1.165) is 0 Å². The van der Waals surface area contributed by atoms with Crippen molar-refractivity contribution in [3.8, 4) is 11.8 Å². The highest BCUT2D eigenvalue weighted by Crippen LogP contribution is 2.14. The highest BCUT2D eigenvalue weighted by molar-refractivity contribution is 5.93. The molecule has 13 heavy (non-hydrogen) atoms. The Kier molecular flexibility index (Phi) is 4.50. The fourth-order valence-electron chi connectivity index (χ4n) is 0.835. The van der Waals surface area contributed by atoms with Crippen LogP contribution in [-0.2, 0) is 4.79 Å². The van der Waals surface area contributed by atoms with Crippen molar-refractivity contribution in [1.82, 2.24) is 5.32 Å². The van der Waals surface area contributed by atoms with Gasteiger partial charge in [0.15, 0.2) is 0 Å². The molecule has 74 valence electrons. The van der Waals surface area contributed by atoms with Crippen molar-refractivity contribution in [3.63, 3.8) is 0 Å². The van der Waals surface area contributed by atoms with E-state index in [0.29, 0.717) is 12.5 Å². The van der Waals surface area contributed by atoms with Crippen molar-refractivity contribution in [2.75, 3.05) is 6.54 Å². The first-order chi connectivity index (χ1) is 5.96. The lowest BCUT2D eigenvalue weighted by molar-refractivity contribution is -0.117. The van der Waals surface area contributed by atoms with Crippen LogP contribution in [0.4, 0.5) is 0 Å². The van der Waals surface area contributed by atoms with E-state index in [9.17, 15) is 4.79 Å². The van der Waals surface area contributed by atoms with Crippen molar-refractivity contribution in [3.05, 3.63) is 0 Å². The van der Waals surface area contributed by atoms with Crippen LogP contribution >= 0.6 is 0 Å². The van der Waals surface area contributed by atoms with Gasteiger partial charge in [0.1, 0.15) is 0 Å². The highest BCUT2D eigenvalue weighted by atomic mass is 16.1. The minimum absolute atomic E-state index is 0.260. The summed E-state index contributed by atoms with van der Waals surface area (Å²) in [7, 11) is 0. The SMILES string of the molecule is CC#CC(=O)NC(C)(CN)C(C)C. The van der Waals surface area contributed by atoms with Crippen molar-refractivity contribution in [2.24, 2.45) is 11.7 Å². The average molecular weight is 182 g/mol. The molecule has 1 atom stereocenters. The summed E-state index contributed by atoms with van der Waals surface area (Å²) in [6.07, 6.45) is 0. The minimum atomic E-state index is -0.360. The predicted octanol–water partition coefficient (Wildman–Crippen LogP) is 0.499. The van der Waals surface area contributed by atoms with Crippen molar-refractivity contribution in [1.29, 1.82) is 0 Å². The Balaban J connectivity index is 4.42. The predicted molar refractivity (Wildman–Crippen MR) is 53.9 cm³/mol. The van der Waals surface area contributed by atoms with Crippen molar-refractivity contribution in [2.45, 2.75) is 33.2 Å². The number of hydrogen-bond donors (Lipinski definition) is 2. The van der Waals surface area contributed by atoms with E-state index in [1.807, 2.05) is 20.8 Å². The summed E-state index contributed by atoms with van der Waals surface area (Å²) in [5, 5.41) is 2.81. The molecule has 0 aromatic heterocycles. The summed E-state index contributed by atoms with van der Waals surface area (Å²) in [6, 6.07) is 0. The fourth-order valence-corrected chi connectivity index (χ4v) is 0.835. The first kappa shape index (κ1) is 12.0. The van der Waals surface area contributed by atoms with Crippen LogP contribution in [-0.4, -0.2) is 18.0 Å². The van der Waals surface area contributed by atoms with Crippen molar-refractivity contribution >= 4 is 5.91 Å². The van der Waals surface area contributed by atoms with E-state index in [4.69, 9.17) is 5.73 Å². The molecule has 0 heterocycles. The molecular formula is C10H18N2O. The third-order valence-electron chi connectivity index (χ3n) is 2.34. The summed E-state index contributed by atoms with van der Waals surface area (Å²) >= 11 is 0. The maximum atomic E-state index is 11.2. The van der Waals surface area contributed by atoms with Crippen LogP contribution in [0.5, 0.6) is 0 Å². The van der Waals surface area contributed by atoms with Crippen LogP contribution in [0.3, 0.4) is 0 Å². The quantitative estimate of drug-likeness (QED) is 0.624. The van der Waals surface area contributed by atoms with E-state index < -0.39 is 0 Å². The average Bonchev–Trinajstić information content (AvgIpc) is 2.04. The zero-order chi connectivity index (χ0) is 10.5. The van der Waals surface area contributed by atoms with E-state index in [1.54, 1.807) is 6.92 Å². The Morgan fingerprint density at radius 2 is 2.15 bits per heavy atom. The van der Waals surface area contributed by atoms with Gasteiger partial charge in [-0.25, -0.2) is 0 Å². The second kappa shape index (κ2) is 4.88. The Morgan fingerprint density at radius 1 is 1.62 bits per heavy atom. The summed E-state index contributed by atoms with van der Waals surface area (Å²) in [4.78, 5) is 11.2. The van der Waals surface area contributed by atoms with Gasteiger partial charge in [0.2, 0.25) is 0 Å². The number of carbonyl (C=O) groups excluding carboxylic acids is 1. The smallest absolute Gasteiger partial charge is 0.296 e. The standard InChI is InChI=1S/C10H18N2O/c1-5-6-9(13)12-10(4,7-11)8(2)3/h8H,7,11H2,1-4H3,(H,12,13). The highest BCUT2D eigenvalue weighted by Gasteiger charge is 2.27. The molecule has 0 aliphatic rings. The molecule has 0 aromatic carbocycles. The molecular weight excluding hydrogens is 164 g/mol. The summed E-state index contributed by atoms with van der Waals surface area (Å²) < 4.78 is 0. The van der Waals surface area contributed by atoms with Crippen molar-refractivity contribution < 1.29 is 4.79 Å². The molecule has 1 unspecified atom stereocenters. The third kappa shape index (κ3) is 3.47. The van der Waals surface area contributed by atoms with Gasteiger partial charge in [-0.1, -0.05) is 19.8 Å². The monoisotopic (exact) mass is 182 g/mol. The number of amides is 1. The van der Waals surface area contributed by atoms with Crippen LogP contribution in [0.1, 0.15) is 27.7 Å². The molecule has 0 aromatic rings. The summed E-state index contributed by atoms with van der Waals surface area (Å²) in [5.74, 6) is 5.02. The molecule has 0 saturated heterocycles. The molecule has 0 saturated carbocycles. The maximum Gasteiger partial charge on any atom is 0.296 e. The molecule has 0 fully saturated rings. The van der Waals surface area contributed by atoms with E-state index >= 15 is 0 Å². The van der Waals surface area contributed by atoms with Gasteiger partial charge in [0.05, 0.1) is 5.54 Å². The first-order valence-electron chi connectivity index (χ1n) is 4.41. The van der Waals surface area contributed by atoms with Crippen LogP contribution in [0.2, 0.25) is 0 Å². The van der Waals surface area contributed by atoms with Crippen LogP contribution < -0.4 is 11.1 Å². The second-order valence-electron chi connectivity index (χ2n) is 3.61. The molecule has 0 spiro atoms. The number of nitrogens with one attached hydrogen (secondary N) is 1. The molecule has 3 nitrogen and oxygen atoms in total. The van der Waals surface area contributed by atoms with Crippen LogP contribution in [0.25, 0.3) is 0 Å². The van der Waals surface area contributed by atoms with Gasteiger partial charge in [-0.05, 0) is 25.7 Å². The van der Waals surface area contributed by atoms with E-state index in [-0.39, 0.29) is 11.4 Å². The third-order valence-corrected chi connectivity index (χ3v) is 2.34.